The van der Waals surface area contributed by atoms with E-state index in [-0.39, 0.29) is 12.5 Å². The Morgan fingerprint density at radius 3 is 3.06 bits per heavy atom. The maximum atomic E-state index is 11.8. The standard InChI is InChI=1S/C12H17N3O2/c1-14-6-3-7-15(8-11(14)17)12-10(9-16)4-2-5-13-12/h2,4-5,16H,3,6-9H2,1H3. The van der Waals surface area contributed by atoms with Crippen molar-refractivity contribution in [1.29, 1.82) is 0 Å². The lowest BCUT2D eigenvalue weighted by Crippen LogP contribution is -2.35. The Kier molecular flexibility index (Phi) is 3.58. The molecule has 1 saturated heterocycles. The van der Waals surface area contributed by atoms with Crippen molar-refractivity contribution in [1.82, 2.24) is 9.88 Å². The molecule has 1 aliphatic heterocycles. The number of carbonyl (C=O) groups is 1. The summed E-state index contributed by atoms with van der Waals surface area (Å²) in [6.45, 7) is 1.85. The molecule has 0 unspecified atom stereocenters. The van der Waals surface area contributed by atoms with Crippen LogP contribution in [-0.2, 0) is 11.4 Å². The number of aromatic nitrogens is 1. The van der Waals surface area contributed by atoms with Crippen LogP contribution in [-0.4, -0.2) is 47.6 Å². The Bertz CT molecular complexity index is 408. The minimum Gasteiger partial charge on any atom is -0.392 e. The van der Waals surface area contributed by atoms with E-state index in [1.165, 1.54) is 0 Å². The van der Waals surface area contributed by atoms with Crippen molar-refractivity contribution >= 4 is 11.7 Å². The van der Waals surface area contributed by atoms with Crippen LogP contribution in [0.4, 0.5) is 5.82 Å². The molecule has 1 N–H and O–H groups in total. The van der Waals surface area contributed by atoms with Crippen LogP contribution < -0.4 is 4.90 Å². The number of likely N-dealkylation sites (N-methyl/N-ethyl adjacent to an activating group) is 1. The molecule has 1 aliphatic rings. The summed E-state index contributed by atoms with van der Waals surface area (Å²) in [5, 5.41) is 9.28. The molecule has 1 aromatic heterocycles. The zero-order chi connectivity index (χ0) is 12.3. The van der Waals surface area contributed by atoms with Gasteiger partial charge in [0.15, 0.2) is 0 Å². The molecule has 1 amide bonds. The van der Waals surface area contributed by atoms with E-state index in [1.54, 1.807) is 17.2 Å². The molecule has 1 fully saturated rings. The van der Waals surface area contributed by atoms with Gasteiger partial charge in [-0.25, -0.2) is 4.98 Å². The number of rotatable bonds is 2. The minimum atomic E-state index is -0.0519. The molecule has 2 rings (SSSR count). The van der Waals surface area contributed by atoms with E-state index in [9.17, 15) is 9.90 Å². The number of hydrogen-bond donors (Lipinski definition) is 1. The molecular formula is C12H17N3O2. The second-order valence-electron chi connectivity index (χ2n) is 4.23. The third kappa shape index (κ3) is 2.55. The van der Waals surface area contributed by atoms with Gasteiger partial charge in [0, 0.05) is 31.9 Å². The van der Waals surface area contributed by atoms with Crippen LogP contribution in [0.3, 0.4) is 0 Å². The van der Waals surface area contributed by atoms with Crippen LogP contribution >= 0.6 is 0 Å². The molecule has 5 nitrogen and oxygen atoms in total. The van der Waals surface area contributed by atoms with Crippen LogP contribution in [0.5, 0.6) is 0 Å². The first kappa shape index (κ1) is 11.9. The van der Waals surface area contributed by atoms with Gasteiger partial charge in [-0.15, -0.1) is 0 Å². The van der Waals surface area contributed by atoms with Crippen LogP contribution in [0, 0.1) is 0 Å². The van der Waals surface area contributed by atoms with Crippen molar-refractivity contribution in [3.8, 4) is 0 Å². The monoisotopic (exact) mass is 235 g/mol. The predicted molar refractivity (Wildman–Crippen MR) is 64.6 cm³/mol. The lowest BCUT2D eigenvalue weighted by Gasteiger charge is -2.22. The van der Waals surface area contributed by atoms with Crippen molar-refractivity contribution in [3.63, 3.8) is 0 Å². The zero-order valence-electron chi connectivity index (χ0n) is 9.96. The molecule has 0 saturated carbocycles. The maximum absolute atomic E-state index is 11.8. The van der Waals surface area contributed by atoms with Crippen molar-refractivity contribution < 1.29 is 9.90 Å². The third-order valence-electron chi connectivity index (χ3n) is 3.01. The molecule has 2 heterocycles. The van der Waals surface area contributed by atoms with Gasteiger partial charge in [-0.2, -0.15) is 0 Å². The maximum Gasteiger partial charge on any atom is 0.241 e. The smallest absolute Gasteiger partial charge is 0.241 e. The van der Waals surface area contributed by atoms with Crippen molar-refractivity contribution in [2.45, 2.75) is 13.0 Å². The normalized spacial score (nSPS) is 17.2. The molecule has 0 atom stereocenters. The highest BCUT2D eigenvalue weighted by Gasteiger charge is 2.21. The van der Waals surface area contributed by atoms with Gasteiger partial charge in [-0.05, 0) is 12.5 Å². The second kappa shape index (κ2) is 5.14. The molecule has 5 heteroatoms. The fourth-order valence-electron chi connectivity index (χ4n) is 2.01. The lowest BCUT2D eigenvalue weighted by molar-refractivity contribution is -0.127. The SMILES string of the molecule is CN1CCCN(c2ncccc2CO)CC1=O. The fraction of sp³-hybridized carbons (Fsp3) is 0.500. The Labute approximate surface area is 101 Å². The van der Waals surface area contributed by atoms with E-state index in [0.29, 0.717) is 6.54 Å². The minimum absolute atomic E-state index is 0.0519. The number of carbonyl (C=O) groups excluding carboxylic acids is 1. The van der Waals surface area contributed by atoms with Gasteiger partial charge in [0.2, 0.25) is 5.91 Å². The summed E-state index contributed by atoms with van der Waals surface area (Å²) >= 11 is 0. The number of aliphatic hydroxyl groups is 1. The van der Waals surface area contributed by atoms with Gasteiger partial charge in [0.1, 0.15) is 5.82 Å². The summed E-state index contributed by atoms with van der Waals surface area (Å²) in [6, 6.07) is 3.63. The van der Waals surface area contributed by atoms with E-state index in [0.717, 1.165) is 30.9 Å². The topological polar surface area (TPSA) is 56.7 Å². The van der Waals surface area contributed by atoms with Gasteiger partial charge in [0.05, 0.1) is 13.2 Å². The Hall–Kier alpha value is -1.62. The summed E-state index contributed by atoms with van der Waals surface area (Å²) in [7, 11) is 1.82. The molecule has 0 radical (unpaired) electrons. The third-order valence-corrected chi connectivity index (χ3v) is 3.01. The summed E-state index contributed by atoms with van der Waals surface area (Å²) in [5.41, 5.74) is 0.768. The lowest BCUT2D eigenvalue weighted by atomic mass is 10.2. The van der Waals surface area contributed by atoms with E-state index in [4.69, 9.17) is 0 Å². The molecule has 0 aromatic carbocycles. The van der Waals surface area contributed by atoms with Gasteiger partial charge < -0.3 is 14.9 Å². The average molecular weight is 235 g/mol. The number of amides is 1. The van der Waals surface area contributed by atoms with E-state index in [2.05, 4.69) is 4.98 Å². The van der Waals surface area contributed by atoms with Crippen LogP contribution in [0.1, 0.15) is 12.0 Å². The summed E-state index contributed by atoms with van der Waals surface area (Å²) < 4.78 is 0. The van der Waals surface area contributed by atoms with E-state index in [1.807, 2.05) is 18.0 Å². The van der Waals surface area contributed by atoms with Crippen molar-refractivity contribution in [2.24, 2.45) is 0 Å². The molecule has 17 heavy (non-hydrogen) atoms. The Morgan fingerprint density at radius 2 is 2.29 bits per heavy atom. The molecule has 0 bridgehead atoms. The zero-order valence-corrected chi connectivity index (χ0v) is 9.96. The highest BCUT2D eigenvalue weighted by Crippen LogP contribution is 2.18. The number of nitrogens with zero attached hydrogens (tertiary/aromatic N) is 3. The van der Waals surface area contributed by atoms with Gasteiger partial charge in [-0.3, -0.25) is 4.79 Å². The first-order valence-electron chi connectivity index (χ1n) is 5.76. The van der Waals surface area contributed by atoms with Crippen LogP contribution in [0.2, 0.25) is 0 Å². The quantitative estimate of drug-likeness (QED) is 0.798. The summed E-state index contributed by atoms with van der Waals surface area (Å²) in [6.07, 6.45) is 2.61. The highest BCUT2D eigenvalue weighted by atomic mass is 16.3. The molecular weight excluding hydrogens is 218 g/mol. The first-order valence-corrected chi connectivity index (χ1v) is 5.76. The fourth-order valence-corrected chi connectivity index (χ4v) is 2.01. The Morgan fingerprint density at radius 1 is 1.47 bits per heavy atom. The molecule has 1 aromatic rings. The number of anilines is 1. The summed E-state index contributed by atoms with van der Waals surface area (Å²) in [4.78, 5) is 19.7. The van der Waals surface area contributed by atoms with Gasteiger partial charge >= 0.3 is 0 Å². The van der Waals surface area contributed by atoms with Gasteiger partial charge in [0.25, 0.3) is 0 Å². The van der Waals surface area contributed by atoms with Gasteiger partial charge in [-0.1, -0.05) is 6.07 Å². The number of pyridine rings is 1. The van der Waals surface area contributed by atoms with Crippen molar-refractivity contribution in [3.05, 3.63) is 23.9 Å². The second-order valence-corrected chi connectivity index (χ2v) is 4.23. The predicted octanol–water partition coefficient (Wildman–Crippen LogP) is 0.242. The largest absolute Gasteiger partial charge is 0.392 e. The molecule has 0 aliphatic carbocycles. The molecule has 92 valence electrons. The summed E-state index contributed by atoms with van der Waals surface area (Å²) in [5.74, 6) is 0.815. The average Bonchev–Trinajstić information content (AvgIpc) is 2.52. The number of aliphatic hydroxyl groups excluding tert-OH is 1. The molecule has 0 spiro atoms. The Balaban J connectivity index is 2.23. The number of hydrogen-bond acceptors (Lipinski definition) is 4. The highest BCUT2D eigenvalue weighted by molar-refractivity contribution is 5.81. The van der Waals surface area contributed by atoms with Crippen LogP contribution in [0.25, 0.3) is 0 Å². The van der Waals surface area contributed by atoms with Crippen LogP contribution in [0.15, 0.2) is 18.3 Å². The first-order chi connectivity index (χ1) is 8.22. The van der Waals surface area contributed by atoms with E-state index < -0.39 is 0 Å². The van der Waals surface area contributed by atoms with E-state index >= 15 is 0 Å². The van der Waals surface area contributed by atoms with Crippen molar-refractivity contribution in [2.75, 3.05) is 31.6 Å².